The fraction of sp³-hybridized carbons (Fsp3) is 0.320. The van der Waals surface area contributed by atoms with Crippen molar-refractivity contribution in [3.05, 3.63) is 75.5 Å². The summed E-state index contributed by atoms with van der Waals surface area (Å²) in [5.41, 5.74) is 0.155. The highest BCUT2D eigenvalue weighted by atomic mass is 19.1. The summed E-state index contributed by atoms with van der Waals surface area (Å²) in [5.74, 6) is -1.08. The van der Waals surface area contributed by atoms with Crippen molar-refractivity contribution in [1.82, 2.24) is 10.1 Å². The molecule has 1 unspecified atom stereocenters. The molecule has 3 aromatic rings. The molecule has 0 radical (unpaired) electrons. The van der Waals surface area contributed by atoms with E-state index in [1.54, 1.807) is 30.3 Å². The fourth-order valence-electron chi connectivity index (χ4n) is 3.99. The Bertz CT molecular complexity index is 1320. The molecule has 2 amide bonds. The molecule has 184 valence electrons. The quantitative estimate of drug-likeness (QED) is 0.586. The highest BCUT2D eigenvalue weighted by molar-refractivity contribution is 6.01. The van der Waals surface area contributed by atoms with Crippen LogP contribution >= 0.6 is 0 Å². The van der Waals surface area contributed by atoms with Gasteiger partial charge in [-0.15, -0.1) is 0 Å². The number of methoxy groups -OCH3 is 1. The first-order chi connectivity index (χ1) is 16.6. The number of ether oxygens (including phenoxy) is 2. The molecule has 1 atom stereocenters. The third-order valence-electron chi connectivity index (χ3n) is 5.71. The highest BCUT2D eigenvalue weighted by Gasteiger charge is 2.37. The molecule has 0 fully saturated rings. The van der Waals surface area contributed by atoms with Crippen LogP contribution in [0.25, 0.3) is 0 Å². The van der Waals surface area contributed by atoms with Crippen LogP contribution in [0.15, 0.2) is 51.8 Å². The van der Waals surface area contributed by atoms with Gasteiger partial charge in [-0.3, -0.25) is 14.4 Å². The molecule has 0 bridgehead atoms. The van der Waals surface area contributed by atoms with E-state index in [-0.39, 0.29) is 24.6 Å². The van der Waals surface area contributed by atoms with E-state index in [1.807, 2.05) is 20.8 Å². The molecule has 0 spiro atoms. The predicted octanol–water partition coefficient (Wildman–Crippen LogP) is 3.63. The van der Waals surface area contributed by atoms with E-state index in [2.05, 4.69) is 10.5 Å². The number of nitrogens with zero attached hydrogens (tertiary/aromatic N) is 1. The van der Waals surface area contributed by atoms with Gasteiger partial charge < -0.3 is 24.2 Å². The maximum atomic E-state index is 14.8. The van der Waals surface area contributed by atoms with Gasteiger partial charge >= 0.3 is 0 Å². The number of fused-ring (bicyclic) bond motifs is 1. The Kier molecular flexibility index (Phi) is 6.38. The third kappa shape index (κ3) is 4.91. The largest absolute Gasteiger partial charge is 0.497 e. The average molecular weight is 483 g/mol. The lowest BCUT2D eigenvalue weighted by atomic mass is 9.86. The van der Waals surface area contributed by atoms with Crippen LogP contribution in [0.3, 0.4) is 0 Å². The smallest absolute Gasteiger partial charge is 0.293 e. The van der Waals surface area contributed by atoms with Crippen LogP contribution in [0, 0.1) is 5.82 Å². The van der Waals surface area contributed by atoms with E-state index in [4.69, 9.17) is 14.0 Å². The van der Waals surface area contributed by atoms with E-state index in [9.17, 15) is 18.8 Å². The van der Waals surface area contributed by atoms with Crippen LogP contribution in [0.4, 0.5) is 10.1 Å². The van der Waals surface area contributed by atoms with Gasteiger partial charge in [0.2, 0.25) is 5.76 Å². The molecule has 10 heteroatoms. The number of nitrogens with one attached hydrogen (secondary N) is 2. The van der Waals surface area contributed by atoms with Crippen molar-refractivity contribution in [3.8, 4) is 11.5 Å². The van der Waals surface area contributed by atoms with Crippen molar-refractivity contribution in [2.24, 2.45) is 0 Å². The summed E-state index contributed by atoms with van der Waals surface area (Å²) < 4.78 is 30.8. The molecule has 0 aliphatic carbocycles. The number of H-pyrrole nitrogens is 1. The number of hydrogen-bond acceptors (Lipinski definition) is 6. The SMILES string of the molecule is COc1ccc2c(c1)OCCN(C(=O)c1cc(=O)[nH]o1)C2C(=O)Nc1ccc(C(C)(C)C)c(F)c1. The van der Waals surface area contributed by atoms with Crippen LogP contribution < -0.4 is 20.3 Å². The summed E-state index contributed by atoms with van der Waals surface area (Å²) in [7, 11) is 1.50. The Labute approximate surface area is 200 Å². The Morgan fingerprint density at radius 3 is 2.57 bits per heavy atom. The van der Waals surface area contributed by atoms with E-state index in [0.717, 1.165) is 6.07 Å². The summed E-state index contributed by atoms with van der Waals surface area (Å²) in [6.45, 7) is 5.79. The number of hydrogen-bond donors (Lipinski definition) is 2. The topological polar surface area (TPSA) is 114 Å². The molecule has 35 heavy (non-hydrogen) atoms. The lowest BCUT2D eigenvalue weighted by Crippen LogP contribution is -2.42. The van der Waals surface area contributed by atoms with Crippen LogP contribution in [-0.2, 0) is 10.2 Å². The van der Waals surface area contributed by atoms with Crippen LogP contribution in [0.5, 0.6) is 11.5 Å². The van der Waals surface area contributed by atoms with E-state index in [0.29, 0.717) is 22.6 Å². The van der Waals surface area contributed by atoms with Gasteiger partial charge in [-0.25, -0.2) is 4.39 Å². The zero-order valence-electron chi connectivity index (χ0n) is 19.8. The minimum Gasteiger partial charge on any atom is -0.497 e. The van der Waals surface area contributed by atoms with Crippen molar-refractivity contribution in [2.75, 3.05) is 25.6 Å². The number of rotatable bonds is 4. The van der Waals surface area contributed by atoms with Crippen molar-refractivity contribution >= 4 is 17.5 Å². The molecule has 1 aromatic heterocycles. The maximum absolute atomic E-state index is 14.8. The summed E-state index contributed by atoms with van der Waals surface area (Å²) in [6.07, 6.45) is 0. The summed E-state index contributed by atoms with van der Waals surface area (Å²) in [4.78, 5) is 39.6. The average Bonchev–Trinajstić information content (AvgIpc) is 3.14. The Morgan fingerprint density at radius 1 is 1.17 bits per heavy atom. The fourth-order valence-corrected chi connectivity index (χ4v) is 3.99. The molecule has 2 aromatic carbocycles. The van der Waals surface area contributed by atoms with Crippen molar-refractivity contribution in [3.63, 3.8) is 0 Å². The number of anilines is 1. The molecule has 1 aliphatic heterocycles. The van der Waals surface area contributed by atoms with Crippen molar-refractivity contribution in [2.45, 2.75) is 32.2 Å². The lowest BCUT2D eigenvalue weighted by Gasteiger charge is -2.28. The molecule has 0 saturated carbocycles. The molecule has 4 rings (SSSR count). The molecule has 2 N–H and O–H groups in total. The zero-order valence-corrected chi connectivity index (χ0v) is 19.8. The third-order valence-corrected chi connectivity index (χ3v) is 5.71. The van der Waals surface area contributed by atoms with Gasteiger partial charge in [-0.2, -0.15) is 5.16 Å². The van der Waals surface area contributed by atoms with Gasteiger partial charge in [-0.1, -0.05) is 26.8 Å². The lowest BCUT2D eigenvalue weighted by molar-refractivity contribution is -0.120. The molecule has 2 heterocycles. The predicted molar refractivity (Wildman–Crippen MR) is 125 cm³/mol. The number of carbonyl (C=O) groups is 2. The number of benzene rings is 2. The molecular weight excluding hydrogens is 457 g/mol. The summed E-state index contributed by atoms with van der Waals surface area (Å²) >= 11 is 0. The van der Waals surface area contributed by atoms with Gasteiger partial charge in [0.25, 0.3) is 17.4 Å². The minimum absolute atomic E-state index is 0.0279. The van der Waals surface area contributed by atoms with E-state index in [1.165, 1.54) is 18.1 Å². The highest BCUT2D eigenvalue weighted by Crippen LogP contribution is 2.36. The van der Waals surface area contributed by atoms with Crippen molar-refractivity contribution < 1.29 is 28.0 Å². The van der Waals surface area contributed by atoms with Crippen LogP contribution in [0.2, 0.25) is 0 Å². The molecule has 0 saturated heterocycles. The monoisotopic (exact) mass is 483 g/mol. The molecular formula is C25H26FN3O6. The van der Waals surface area contributed by atoms with Crippen LogP contribution in [-0.4, -0.2) is 42.1 Å². The number of aromatic amines is 1. The number of carbonyl (C=O) groups excluding carboxylic acids is 2. The molecule has 1 aliphatic rings. The van der Waals surface area contributed by atoms with Gasteiger partial charge in [0.05, 0.1) is 19.7 Å². The number of amides is 2. The number of aromatic nitrogens is 1. The summed E-state index contributed by atoms with van der Waals surface area (Å²) in [6, 6.07) is 9.23. The zero-order chi connectivity index (χ0) is 25.3. The van der Waals surface area contributed by atoms with E-state index >= 15 is 0 Å². The molecule has 9 nitrogen and oxygen atoms in total. The maximum Gasteiger partial charge on any atom is 0.293 e. The Hall–Kier alpha value is -4.08. The van der Waals surface area contributed by atoms with Crippen LogP contribution in [0.1, 0.15) is 48.5 Å². The van der Waals surface area contributed by atoms with Gasteiger partial charge in [0.15, 0.2) is 0 Å². The Morgan fingerprint density at radius 2 is 1.94 bits per heavy atom. The second kappa shape index (κ2) is 9.28. The first kappa shape index (κ1) is 24.1. The van der Waals surface area contributed by atoms with Gasteiger partial charge in [0, 0.05) is 17.3 Å². The first-order valence-corrected chi connectivity index (χ1v) is 11.0. The standard InChI is InChI=1S/C25H26FN3O6/c1-25(2,3)17-8-5-14(11-18(17)26)27-23(31)22-16-7-6-15(33-4)12-19(16)34-10-9-29(22)24(32)20-13-21(30)28-35-20/h5-8,11-13,22H,9-10H2,1-4H3,(H,27,31)(H,28,30). The normalized spacial score (nSPS) is 15.6. The van der Waals surface area contributed by atoms with Gasteiger partial charge in [0.1, 0.15) is 30.0 Å². The Balaban J connectivity index is 1.73. The summed E-state index contributed by atoms with van der Waals surface area (Å²) in [5, 5.41) is 4.79. The first-order valence-electron chi connectivity index (χ1n) is 11.0. The van der Waals surface area contributed by atoms with Crippen molar-refractivity contribution in [1.29, 1.82) is 0 Å². The van der Waals surface area contributed by atoms with E-state index < -0.39 is 34.6 Å². The minimum atomic E-state index is -1.16. The van der Waals surface area contributed by atoms with Gasteiger partial charge in [-0.05, 0) is 35.2 Å². The second-order valence-corrected chi connectivity index (χ2v) is 9.16. The number of halogens is 1. The second-order valence-electron chi connectivity index (χ2n) is 9.16.